The smallest absolute Gasteiger partial charge is 0.258 e. The van der Waals surface area contributed by atoms with Crippen LogP contribution >= 0.6 is 0 Å². The monoisotopic (exact) mass is 351 g/mol. The van der Waals surface area contributed by atoms with Gasteiger partial charge in [0.2, 0.25) is 11.4 Å². The highest BCUT2D eigenvalue weighted by Crippen LogP contribution is 2.18. The Kier molecular flexibility index (Phi) is 6.03. The lowest BCUT2D eigenvalue weighted by Crippen LogP contribution is -2.44. The Hall–Kier alpha value is -3.09. The van der Waals surface area contributed by atoms with E-state index >= 15 is 0 Å². The molecule has 2 N–H and O–H groups in total. The summed E-state index contributed by atoms with van der Waals surface area (Å²) in [7, 11) is 0. The van der Waals surface area contributed by atoms with Crippen LogP contribution in [0.15, 0.2) is 78.2 Å². The van der Waals surface area contributed by atoms with Crippen LogP contribution < -0.4 is 9.13 Å². The van der Waals surface area contributed by atoms with E-state index < -0.39 is 0 Å². The maximum atomic E-state index is 9.69. The summed E-state index contributed by atoms with van der Waals surface area (Å²) in [6, 6.07) is 19.5. The van der Waals surface area contributed by atoms with Gasteiger partial charge in [0.15, 0.2) is 12.4 Å². The van der Waals surface area contributed by atoms with Crippen LogP contribution in [0.3, 0.4) is 0 Å². The molecule has 3 aromatic rings. The van der Waals surface area contributed by atoms with Gasteiger partial charge < -0.3 is 10.3 Å². The molecule has 0 aliphatic carbocycles. The molecule has 0 radical (unpaired) electrons. The molecule has 0 aliphatic heterocycles. The van der Waals surface area contributed by atoms with Crippen molar-refractivity contribution >= 4 is 6.21 Å². The first kappa shape index (κ1) is 17.7. The Morgan fingerprint density at radius 1 is 0.885 bits per heavy atom. The number of aliphatic hydroxyl groups is 1. The van der Waals surface area contributed by atoms with E-state index in [0.29, 0.717) is 13.5 Å². The number of rotatable bonds is 7. The van der Waals surface area contributed by atoms with E-state index in [9.17, 15) is 5.11 Å². The second-order valence-corrected chi connectivity index (χ2v) is 5.70. The van der Waals surface area contributed by atoms with Gasteiger partial charge in [-0.05, 0) is 17.2 Å². The standard InChI is InChI=1S/C20H20N3O3/c24-14-20-12-18(17-6-2-1-3-7-17)9-11-23(20)16-26-15-22-10-5-4-8-19(22)13-21-25/h1-13,24H,14-16H2/q+1/p+1. The normalized spacial score (nSPS) is 11.1. The van der Waals surface area contributed by atoms with Gasteiger partial charge in [0.25, 0.3) is 13.5 Å². The minimum Gasteiger partial charge on any atom is -0.411 e. The van der Waals surface area contributed by atoms with Crippen LogP contribution in [0.5, 0.6) is 0 Å². The first-order valence-electron chi connectivity index (χ1n) is 8.24. The number of oxime groups is 1. The zero-order chi connectivity index (χ0) is 18.2. The predicted octanol–water partition coefficient (Wildman–Crippen LogP) is 1.86. The molecule has 0 saturated carbocycles. The molecular formula is C20H21N3O3+2. The lowest BCUT2D eigenvalue weighted by atomic mass is 10.1. The SMILES string of the molecule is OCc1cc(-c2ccccc2)cc[n+]1COC[n+]1ccccc1C=NO. The Balaban J connectivity index is 1.71. The number of hydrogen-bond acceptors (Lipinski definition) is 4. The van der Waals surface area contributed by atoms with Gasteiger partial charge in [0.05, 0.1) is 0 Å². The molecule has 1 aromatic carbocycles. The van der Waals surface area contributed by atoms with Gasteiger partial charge >= 0.3 is 0 Å². The molecule has 6 heteroatoms. The van der Waals surface area contributed by atoms with E-state index in [1.54, 1.807) is 0 Å². The van der Waals surface area contributed by atoms with Gasteiger partial charge in [-0.2, -0.15) is 9.13 Å². The molecule has 0 unspecified atom stereocenters. The fourth-order valence-electron chi connectivity index (χ4n) is 2.67. The van der Waals surface area contributed by atoms with E-state index in [1.165, 1.54) is 6.21 Å². The van der Waals surface area contributed by atoms with Crippen molar-refractivity contribution in [2.45, 2.75) is 20.1 Å². The van der Waals surface area contributed by atoms with Crippen molar-refractivity contribution in [3.05, 3.63) is 84.4 Å². The molecule has 3 rings (SSSR count). The maximum absolute atomic E-state index is 9.69. The van der Waals surface area contributed by atoms with Gasteiger partial charge in [0, 0.05) is 24.3 Å². The van der Waals surface area contributed by atoms with Crippen molar-refractivity contribution in [2.75, 3.05) is 0 Å². The zero-order valence-electron chi connectivity index (χ0n) is 14.3. The maximum Gasteiger partial charge on any atom is 0.258 e. The average Bonchev–Trinajstić information content (AvgIpc) is 2.70. The number of hydrogen-bond donors (Lipinski definition) is 2. The predicted molar refractivity (Wildman–Crippen MR) is 95.1 cm³/mol. The van der Waals surface area contributed by atoms with Crippen molar-refractivity contribution in [1.82, 2.24) is 0 Å². The van der Waals surface area contributed by atoms with E-state index in [4.69, 9.17) is 9.94 Å². The number of pyridine rings is 2. The van der Waals surface area contributed by atoms with E-state index in [1.807, 2.05) is 82.2 Å². The minimum absolute atomic E-state index is 0.0784. The third-order valence-corrected chi connectivity index (χ3v) is 4.02. The summed E-state index contributed by atoms with van der Waals surface area (Å²) < 4.78 is 9.43. The lowest BCUT2D eigenvalue weighted by molar-refractivity contribution is -0.792. The molecule has 6 nitrogen and oxygen atoms in total. The van der Waals surface area contributed by atoms with Crippen LogP contribution in [-0.2, 0) is 24.8 Å². The fourth-order valence-corrected chi connectivity index (χ4v) is 2.67. The largest absolute Gasteiger partial charge is 0.411 e. The summed E-state index contributed by atoms with van der Waals surface area (Å²) in [4.78, 5) is 0. The summed E-state index contributed by atoms with van der Waals surface area (Å²) >= 11 is 0. The van der Waals surface area contributed by atoms with Crippen LogP contribution in [0.25, 0.3) is 11.1 Å². The number of aliphatic hydroxyl groups excluding tert-OH is 1. The highest BCUT2D eigenvalue weighted by atomic mass is 16.5. The molecule has 2 aromatic heterocycles. The first-order valence-corrected chi connectivity index (χ1v) is 8.24. The summed E-state index contributed by atoms with van der Waals surface area (Å²) in [5.74, 6) is 0. The molecule has 0 bridgehead atoms. The number of benzene rings is 1. The molecule has 132 valence electrons. The number of aromatic nitrogens is 2. The third kappa shape index (κ3) is 4.30. The van der Waals surface area contributed by atoms with Crippen molar-refractivity contribution in [2.24, 2.45) is 5.16 Å². The van der Waals surface area contributed by atoms with Crippen molar-refractivity contribution in [3.63, 3.8) is 0 Å². The first-order chi connectivity index (χ1) is 12.8. The quantitative estimate of drug-likeness (QED) is 0.295. The van der Waals surface area contributed by atoms with Crippen LogP contribution in [0.4, 0.5) is 0 Å². The van der Waals surface area contributed by atoms with Crippen molar-refractivity contribution in [1.29, 1.82) is 0 Å². The van der Waals surface area contributed by atoms with E-state index in [2.05, 4.69) is 5.16 Å². The van der Waals surface area contributed by atoms with Gasteiger partial charge in [-0.1, -0.05) is 35.5 Å². The molecule has 0 amide bonds. The topological polar surface area (TPSA) is 69.8 Å². The summed E-state index contributed by atoms with van der Waals surface area (Å²) in [5, 5.41) is 21.5. The molecule has 0 saturated heterocycles. The second-order valence-electron chi connectivity index (χ2n) is 5.70. The third-order valence-electron chi connectivity index (χ3n) is 4.02. The van der Waals surface area contributed by atoms with Crippen molar-refractivity contribution in [3.8, 4) is 11.1 Å². The van der Waals surface area contributed by atoms with Gasteiger partial charge in [0.1, 0.15) is 12.8 Å². The Morgan fingerprint density at radius 3 is 2.42 bits per heavy atom. The van der Waals surface area contributed by atoms with Gasteiger partial charge in [-0.15, -0.1) is 0 Å². The second kappa shape index (κ2) is 8.84. The van der Waals surface area contributed by atoms with Crippen LogP contribution in [0.1, 0.15) is 11.4 Å². The lowest BCUT2D eigenvalue weighted by Gasteiger charge is -2.06. The Morgan fingerprint density at radius 2 is 1.65 bits per heavy atom. The van der Waals surface area contributed by atoms with Crippen LogP contribution in [0, 0.1) is 0 Å². The molecule has 0 spiro atoms. The molecule has 26 heavy (non-hydrogen) atoms. The van der Waals surface area contributed by atoms with Crippen LogP contribution in [-0.4, -0.2) is 16.5 Å². The summed E-state index contributed by atoms with van der Waals surface area (Å²) in [6.07, 6.45) is 5.09. The van der Waals surface area contributed by atoms with Gasteiger partial charge in [-0.3, -0.25) is 4.74 Å². The molecule has 0 fully saturated rings. The van der Waals surface area contributed by atoms with Crippen LogP contribution in [0.2, 0.25) is 0 Å². The summed E-state index contributed by atoms with van der Waals surface area (Å²) in [5.41, 5.74) is 3.64. The van der Waals surface area contributed by atoms with Crippen molar-refractivity contribution < 1.29 is 24.2 Å². The number of ether oxygens (including phenoxy) is 1. The van der Waals surface area contributed by atoms with E-state index in [-0.39, 0.29) is 6.61 Å². The Bertz CT molecular complexity index is 882. The number of nitrogens with zero attached hydrogens (tertiary/aromatic N) is 3. The minimum atomic E-state index is -0.0784. The van der Waals surface area contributed by atoms with Gasteiger partial charge in [-0.25, -0.2) is 0 Å². The Labute approximate surface area is 151 Å². The molecule has 2 heterocycles. The highest BCUT2D eigenvalue weighted by Gasteiger charge is 2.14. The highest BCUT2D eigenvalue weighted by molar-refractivity contribution is 5.74. The van der Waals surface area contributed by atoms with E-state index in [0.717, 1.165) is 22.5 Å². The fraction of sp³-hybridized carbons (Fsp3) is 0.150. The molecular weight excluding hydrogens is 330 g/mol. The summed E-state index contributed by atoms with van der Waals surface area (Å²) in [6.45, 7) is 0.508. The average molecular weight is 351 g/mol. The zero-order valence-corrected chi connectivity index (χ0v) is 14.3. The molecule has 0 aliphatic rings. The molecule has 0 atom stereocenters.